The first kappa shape index (κ1) is 16.3. The first-order chi connectivity index (χ1) is 10.0. The van der Waals surface area contributed by atoms with Crippen LogP contribution >= 0.6 is 11.6 Å². The number of primary amides is 1. The van der Waals surface area contributed by atoms with Gasteiger partial charge in [-0.05, 0) is 45.1 Å². The Morgan fingerprint density at radius 1 is 1.67 bits per heavy atom. The van der Waals surface area contributed by atoms with Crippen LogP contribution in [0, 0.1) is 12.8 Å². The number of hydrogen-bond donors (Lipinski definition) is 2. The van der Waals surface area contributed by atoms with Crippen LogP contribution in [-0.4, -0.2) is 27.8 Å². The summed E-state index contributed by atoms with van der Waals surface area (Å²) in [7, 11) is 0. The number of carbonyl (C=O) groups excluding carboxylic acids is 1. The van der Waals surface area contributed by atoms with Gasteiger partial charge >= 0.3 is 0 Å². The van der Waals surface area contributed by atoms with Crippen molar-refractivity contribution in [2.45, 2.75) is 58.0 Å². The highest BCUT2D eigenvalue weighted by atomic mass is 35.5. The first-order valence-electron chi connectivity index (χ1n) is 7.74. The summed E-state index contributed by atoms with van der Waals surface area (Å²) in [5, 5.41) is 8.39. The number of nitrogens with one attached hydrogen (secondary N) is 1. The summed E-state index contributed by atoms with van der Waals surface area (Å²) >= 11 is 6.03. The van der Waals surface area contributed by atoms with Crippen LogP contribution in [-0.2, 0) is 11.3 Å². The largest absolute Gasteiger partial charge is 0.368 e. The highest BCUT2D eigenvalue weighted by Gasteiger charge is 2.46. The third-order valence-corrected chi connectivity index (χ3v) is 5.05. The number of hydrogen-bond acceptors (Lipinski definition) is 3. The molecule has 0 radical (unpaired) electrons. The zero-order valence-electron chi connectivity index (χ0n) is 12.9. The molecule has 6 heteroatoms. The van der Waals surface area contributed by atoms with E-state index in [1.807, 2.05) is 11.6 Å². The van der Waals surface area contributed by atoms with E-state index < -0.39 is 5.54 Å². The molecule has 1 aliphatic carbocycles. The lowest BCUT2D eigenvalue weighted by Crippen LogP contribution is -2.58. The van der Waals surface area contributed by atoms with Gasteiger partial charge in [-0.1, -0.05) is 24.9 Å². The van der Waals surface area contributed by atoms with E-state index in [9.17, 15) is 4.79 Å². The fourth-order valence-electron chi connectivity index (χ4n) is 3.39. The van der Waals surface area contributed by atoms with Gasteiger partial charge in [-0.2, -0.15) is 5.10 Å². The molecule has 3 N–H and O–H groups in total. The SMILES string of the molecule is CCCNC1(C(N)=O)CCCC1CCn1ncc(Cl)c1C. The minimum absolute atomic E-state index is 0.214. The lowest BCUT2D eigenvalue weighted by molar-refractivity contribution is -0.126. The van der Waals surface area contributed by atoms with E-state index in [1.54, 1.807) is 6.20 Å². The van der Waals surface area contributed by atoms with E-state index in [2.05, 4.69) is 17.3 Å². The smallest absolute Gasteiger partial charge is 0.238 e. The zero-order chi connectivity index (χ0) is 15.5. The van der Waals surface area contributed by atoms with Gasteiger partial charge in [-0.15, -0.1) is 0 Å². The van der Waals surface area contributed by atoms with Crippen LogP contribution in [0.1, 0.15) is 44.7 Å². The third-order valence-electron chi connectivity index (χ3n) is 4.68. The number of nitrogens with two attached hydrogens (primary N) is 1. The summed E-state index contributed by atoms with van der Waals surface area (Å²) < 4.78 is 1.91. The summed E-state index contributed by atoms with van der Waals surface area (Å²) in [4.78, 5) is 12.0. The summed E-state index contributed by atoms with van der Waals surface area (Å²) in [6, 6.07) is 0. The number of carbonyl (C=O) groups is 1. The molecule has 1 aromatic heterocycles. The van der Waals surface area contributed by atoms with Gasteiger partial charge in [-0.3, -0.25) is 9.48 Å². The summed E-state index contributed by atoms with van der Waals surface area (Å²) in [5.74, 6) is 0.0533. The molecule has 0 saturated heterocycles. The predicted molar refractivity (Wildman–Crippen MR) is 84.2 cm³/mol. The topological polar surface area (TPSA) is 72.9 Å². The van der Waals surface area contributed by atoms with Gasteiger partial charge in [0.1, 0.15) is 5.54 Å². The molecule has 1 amide bonds. The predicted octanol–water partition coefficient (Wildman–Crippen LogP) is 2.26. The van der Waals surface area contributed by atoms with Crippen LogP contribution in [0.4, 0.5) is 0 Å². The molecule has 118 valence electrons. The highest BCUT2D eigenvalue weighted by molar-refractivity contribution is 6.31. The number of rotatable bonds is 7. The maximum absolute atomic E-state index is 12.0. The Kier molecular flexibility index (Phi) is 5.27. The number of aromatic nitrogens is 2. The molecule has 5 nitrogen and oxygen atoms in total. The number of nitrogens with zero attached hydrogens (tertiary/aromatic N) is 2. The second-order valence-corrected chi connectivity index (χ2v) is 6.35. The molecule has 0 bridgehead atoms. The minimum Gasteiger partial charge on any atom is -0.368 e. The van der Waals surface area contributed by atoms with Crippen LogP contribution in [0.25, 0.3) is 0 Å². The van der Waals surface area contributed by atoms with Crippen molar-refractivity contribution in [1.82, 2.24) is 15.1 Å². The van der Waals surface area contributed by atoms with Crippen molar-refractivity contribution >= 4 is 17.5 Å². The fraction of sp³-hybridized carbons (Fsp3) is 0.733. The molecule has 0 aliphatic heterocycles. The van der Waals surface area contributed by atoms with Crippen molar-refractivity contribution in [3.63, 3.8) is 0 Å². The molecule has 1 heterocycles. The van der Waals surface area contributed by atoms with Crippen LogP contribution in [0.3, 0.4) is 0 Å². The number of amides is 1. The molecule has 2 atom stereocenters. The number of aryl methyl sites for hydroxylation is 1. The monoisotopic (exact) mass is 312 g/mol. The van der Waals surface area contributed by atoms with E-state index in [4.69, 9.17) is 17.3 Å². The molecular formula is C15H25ClN4O. The summed E-state index contributed by atoms with van der Waals surface area (Å²) in [6.07, 6.45) is 6.47. The van der Waals surface area contributed by atoms with Crippen molar-refractivity contribution < 1.29 is 4.79 Å². The third kappa shape index (κ3) is 3.24. The first-order valence-corrected chi connectivity index (χ1v) is 8.12. The Hall–Kier alpha value is -1.07. The molecule has 2 rings (SSSR count). The maximum atomic E-state index is 12.0. The van der Waals surface area contributed by atoms with Gasteiger partial charge < -0.3 is 11.1 Å². The van der Waals surface area contributed by atoms with Crippen molar-refractivity contribution in [1.29, 1.82) is 0 Å². The molecule has 0 spiro atoms. The molecule has 0 aromatic carbocycles. The quantitative estimate of drug-likeness (QED) is 0.811. The number of halogens is 1. The van der Waals surface area contributed by atoms with Gasteiger partial charge in [0.25, 0.3) is 0 Å². The Bertz CT molecular complexity index is 502. The average Bonchev–Trinajstić information content (AvgIpc) is 3.01. The van der Waals surface area contributed by atoms with Crippen LogP contribution in [0.15, 0.2) is 6.20 Å². The molecule has 1 aromatic rings. The van der Waals surface area contributed by atoms with Crippen molar-refractivity contribution in [2.75, 3.05) is 6.54 Å². The van der Waals surface area contributed by atoms with E-state index in [0.29, 0.717) is 5.02 Å². The molecule has 1 saturated carbocycles. The molecular weight excluding hydrogens is 288 g/mol. The summed E-state index contributed by atoms with van der Waals surface area (Å²) in [6.45, 7) is 5.65. The fourth-order valence-corrected chi connectivity index (χ4v) is 3.53. The van der Waals surface area contributed by atoms with Gasteiger partial charge in [0.05, 0.1) is 16.9 Å². The Labute approximate surface area is 131 Å². The van der Waals surface area contributed by atoms with Gasteiger partial charge in [-0.25, -0.2) is 0 Å². The molecule has 2 unspecified atom stereocenters. The van der Waals surface area contributed by atoms with Crippen LogP contribution in [0.2, 0.25) is 5.02 Å². The molecule has 1 fully saturated rings. The second kappa shape index (κ2) is 6.79. The van der Waals surface area contributed by atoms with Gasteiger partial charge in [0.2, 0.25) is 5.91 Å². The van der Waals surface area contributed by atoms with E-state index in [1.165, 1.54) is 0 Å². The Morgan fingerprint density at radius 3 is 3.00 bits per heavy atom. The Balaban J connectivity index is 2.06. The van der Waals surface area contributed by atoms with Crippen molar-refractivity contribution in [2.24, 2.45) is 11.7 Å². The van der Waals surface area contributed by atoms with Gasteiger partial charge in [0, 0.05) is 6.54 Å². The van der Waals surface area contributed by atoms with E-state index >= 15 is 0 Å². The standard InChI is InChI=1S/C15H25ClN4O/c1-3-8-18-15(14(17)21)7-4-5-12(15)6-9-20-11(2)13(16)10-19-20/h10,12,18H,3-9H2,1-2H3,(H2,17,21). The maximum Gasteiger partial charge on any atom is 0.238 e. The van der Waals surface area contributed by atoms with Crippen molar-refractivity contribution in [3.05, 3.63) is 16.9 Å². The molecule has 1 aliphatic rings. The van der Waals surface area contributed by atoms with Crippen molar-refractivity contribution in [3.8, 4) is 0 Å². The second-order valence-electron chi connectivity index (χ2n) is 5.94. The average molecular weight is 313 g/mol. The Morgan fingerprint density at radius 2 is 2.43 bits per heavy atom. The highest BCUT2D eigenvalue weighted by Crippen LogP contribution is 2.38. The minimum atomic E-state index is -0.541. The van der Waals surface area contributed by atoms with E-state index in [0.717, 1.165) is 50.9 Å². The zero-order valence-corrected chi connectivity index (χ0v) is 13.6. The lowest BCUT2D eigenvalue weighted by atomic mass is 9.83. The molecule has 21 heavy (non-hydrogen) atoms. The van der Waals surface area contributed by atoms with Gasteiger partial charge in [0.15, 0.2) is 0 Å². The lowest BCUT2D eigenvalue weighted by Gasteiger charge is -2.34. The van der Waals surface area contributed by atoms with Crippen LogP contribution < -0.4 is 11.1 Å². The normalized spacial score (nSPS) is 25.4. The van der Waals surface area contributed by atoms with E-state index in [-0.39, 0.29) is 11.8 Å². The summed E-state index contributed by atoms with van der Waals surface area (Å²) in [5.41, 5.74) is 6.15. The van der Waals surface area contributed by atoms with Crippen LogP contribution in [0.5, 0.6) is 0 Å².